The van der Waals surface area contributed by atoms with Gasteiger partial charge in [-0.15, -0.1) is 0 Å². The van der Waals surface area contributed by atoms with Crippen LogP contribution in [-0.2, 0) is 4.57 Å². The molecular formula is C6H6ClN4OP. The summed E-state index contributed by atoms with van der Waals surface area (Å²) in [6, 6.07) is 0. The van der Waals surface area contributed by atoms with Gasteiger partial charge in [-0.05, 0) is 11.2 Å². The van der Waals surface area contributed by atoms with Crippen molar-refractivity contribution in [2.24, 2.45) is 0 Å². The van der Waals surface area contributed by atoms with E-state index in [9.17, 15) is 4.57 Å². The predicted molar refractivity (Wildman–Crippen MR) is 48.7 cm³/mol. The highest BCUT2D eigenvalue weighted by Crippen LogP contribution is 2.52. The summed E-state index contributed by atoms with van der Waals surface area (Å²) < 4.78 is 14.7. The maximum atomic E-state index is 12.0. The van der Waals surface area contributed by atoms with Crippen molar-refractivity contribution >= 4 is 18.0 Å². The molecule has 0 saturated heterocycles. The van der Waals surface area contributed by atoms with Gasteiger partial charge in [0.25, 0.3) is 0 Å². The Morgan fingerprint density at radius 1 is 1.08 bits per heavy atom. The average Bonchev–Trinajstić information content (AvgIpc) is 2.78. The van der Waals surface area contributed by atoms with Gasteiger partial charge in [-0.2, -0.15) is 0 Å². The molecule has 13 heavy (non-hydrogen) atoms. The molecule has 0 aliphatic rings. The third-order valence-electron chi connectivity index (χ3n) is 1.55. The second kappa shape index (κ2) is 3.01. The Labute approximate surface area is 79.3 Å². The van der Waals surface area contributed by atoms with Crippen molar-refractivity contribution in [3.63, 3.8) is 0 Å². The minimum Gasteiger partial charge on any atom is -0.258 e. The summed E-state index contributed by atoms with van der Waals surface area (Å²) in [7, 11) is 0. The molecule has 0 aliphatic heterocycles. The molecule has 0 fully saturated rings. The molecule has 0 atom stereocenters. The van der Waals surface area contributed by atoms with Gasteiger partial charge < -0.3 is 0 Å². The van der Waals surface area contributed by atoms with Crippen LogP contribution in [0.15, 0.2) is 37.4 Å². The van der Waals surface area contributed by atoms with Gasteiger partial charge in [0, 0.05) is 24.8 Å². The lowest BCUT2D eigenvalue weighted by atomic mass is 11.0. The first-order valence-electron chi connectivity index (χ1n) is 3.48. The van der Waals surface area contributed by atoms with Gasteiger partial charge in [0.2, 0.25) is 0 Å². The van der Waals surface area contributed by atoms with Gasteiger partial charge in [-0.3, -0.25) is 13.2 Å². The Hall–Kier alpha value is -1.06. The Kier molecular flexibility index (Phi) is 1.98. The molecule has 0 saturated carbocycles. The van der Waals surface area contributed by atoms with E-state index in [0.717, 1.165) is 0 Å². The summed E-state index contributed by atoms with van der Waals surface area (Å²) in [5.74, 6) is 0. The molecule has 0 amide bonds. The molecule has 2 heterocycles. The van der Waals surface area contributed by atoms with Gasteiger partial charge >= 0.3 is 6.80 Å². The fourth-order valence-corrected chi connectivity index (χ4v) is 2.51. The van der Waals surface area contributed by atoms with Gasteiger partial charge in [0.15, 0.2) is 0 Å². The average molecular weight is 217 g/mol. The highest BCUT2D eigenvalue weighted by atomic mass is 35.7. The monoisotopic (exact) mass is 216 g/mol. The quantitative estimate of drug-likeness (QED) is 0.720. The molecule has 0 bridgehead atoms. The van der Waals surface area contributed by atoms with Crippen LogP contribution in [0.1, 0.15) is 0 Å². The van der Waals surface area contributed by atoms with Gasteiger partial charge in [-0.1, -0.05) is 0 Å². The summed E-state index contributed by atoms with van der Waals surface area (Å²) in [4.78, 5) is 7.54. The first-order chi connectivity index (χ1) is 6.21. The SMILES string of the molecule is O=P(Cl)(n1ccnc1)n1ccnc1. The smallest absolute Gasteiger partial charge is 0.258 e. The third-order valence-corrected chi connectivity index (χ3v) is 4.21. The lowest BCUT2D eigenvalue weighted by Crippen LogP contribution is -1.96. The van der Waals surface area contributed by atoms with Crippen molar-refractivity contribution in [3.05, 3.63) is 37.4 Å². The molecule has 7 heteroatoms. The Morgan fingerprint density at radius 3 is 1.85 bits per heavy atom. The first-order valence-corrected chi connectivity index (χ1v) is 6.00. The fourth-order valence-electron chi connectivity index (χ4n) is 0.915. The Bertz CT molecular complexity index is 385. The maximum absolute atomic E-state index is 12.0. The molecule has 68 valence electrons. The van der Waals surface area contributed by atoms with E-state index in [-0.39, 0.29) is 0 Å². The summed E-state index contributed by atoms with van der Waals surface area (Å²) in [6.07, 6.45) is 8.96. The van der Waals surface area contributed by atoms with Crippen molar-refractivity contribution in [2.75, 3.05) is 0 Å². The fraction of sp³-hybridized carbons (Fsp3) is 0. The zero-order chi connectivity index (χ0) is 9.31. The molecule has 5 nitrogen and oxygen atoms in total. The number of imidazole rings is 2. The zero-order valence-electron chi connectivity index (χ0n) is 6.49. The van der Waals surface area contributed by atoms with E-state index in [1.807, 2.05) is 0 Å². The van der Waals surface area contributed by atoms with E-state index in [0.29, 0.717) is 0 Å². The molecule has 2 aromatic heterocycles. The van der Waals surface area contributed by atoms with Crippen molar-refractivity contribution in [2.45, 2.75) is 0 Å². The lowest BCUT2D eigenvalue weighted by Gasteiger charge is -2.11. The summed E-state index contributed by atoms with van der Waals surface area (Å²) in [5.41, 5.74) is 0. The van der Waals surface area contributed by atoms with Crippen LogP contribution >= 0.6 is 18.0 Å². The van der Waals surface area contributed by atoms with Gasteiger partial charge in [0.05, 0.1) is 0 Å². The van der Waals surface area contributed by atoms with E-state index in [1.165, 1.54) is 33.7 Å². The molecule has 0 aromatic carbocycles. The largest absolute Gasteiger partial charge is 0.362 e. The van der Waals surface area contributed by atoms with E-state index < -0.39 is 6.80 Å². The Morgan fingerprint density at radius 2 is 1.54 bits per heavy atom. The standard InChI is InChI=1S/C6H6ClN4OP/c7-13(12,10-3-1-8-5-10)11-4-2-9-6-11/h1-6H. The van der Waals surface area contributed by atoms with Crippen LogP contribution in [0.2, 0.25) is 0 Å². The number of hydrogen-bond donors (Lipinski definition) is 0. The molecular weight excluding hydrogens is 211 g/mol. The van der Waals surface area contributed by atoms with Crippen molar-refractivity contribution in [1.29, 1.82) is 0 Å². The van der Waals surface area contributed by atoms with E-state index >= 15 is 0 Å². The second-order valence-corrected chi connectivity index (χ2v) is 5.55. The lowest BCUT2D eigenvalue weighted by molar-refractivity contribution is 0.572. The molecule has 2 aromatic rings. The van der Waals surface area contributed by atoms with E-state index in [1.54, 1.807) is 12.4 Å². The number of halogens is 1. The van der Waals surface area contributed by atoms with E-state index in [2.05, 4.69) is 9.97 Å². The second-order valence-electron chi connectivity index (χ2n) is 2.36. The van der Waals surface area contributed by atoms with Crippen LogP contribution in [0, 0.1) is 0 Å². The molecule has 2 rings (SSSR count). The highest BCUT2D eigenvalue weighted by Gasteiger charge is 2.21. The third kappa shape index (κ3) is 1.41. The number of nitrogens with zero attached hydrogens (tertiary/aromatic N) is 4. The Balaban J connectivity index is 2.49. The normalized spacial score (nSPS) is 11.8. The minimum absolute atomic E-state index is 1.36. The molecule has 0 spiro atoms. The molecule has 0 unspecified atom stereocenters. The van der Waals surface area contributed by atoms with Crippen LogP contribution in [0.25, 0.3) is 0 Å². The first kappa shape index (κ1) is 8.53. The topological polar surface area (TPSA) is 52.7 Å². The van der Waals surface area contributed by atoms with Crippen molar-refractivity contribution < 1.29 is 4.57 Å². The van der Waals surface area contributed by atoms with Crippen LogP contribution in [0.4, 0.5) is 0 Å². The van der Waals surface area contributed by atoms with E-state index in [4.69, 9.17) is 11.2 Å². The van der Waals surface area contributed by atoms with Crippen LogP contribution < -0.4 is 0 Å². The highest BCUT2D eigenvalue weighted by molar-refractivity contribution is 7.86. The predicted octanol–water partition coefficient (Wildman–Crippen LogP) is 1.82. The van der Waals surface area contributed by atoms with Crippen molar-refractivity contribution in [1.82, 2.24) is 18.6 Å². The number of hydrogen-bond acceptors (Lipinski definition) is 3. The van der Waals surface area contributed by atoms with Crippen LogP contribution in [0.3, 0.4) is 0 Å². The van der Waals surface area contributed by atoms with Gasteiger partial charge in [-0.25, -0.2) is 9.97 Å². The number of aromatic nitrogens is 4. The zero-order valence-corrected chi connectivity index (χ0v) is 8.14. The van der Waals surface area contributed by atoms with Crippen LogP contribution in [-0.4, -0.2) is 18.6 Å². The molecule has 0 radical (unpaired) electrons. The molecule has 0 aliphatic carbocycles. The van der Waals surface area contributed by atoms with Crippen molar-refractivity contribution in [3.8, 4) is 0 Å². The van der Waals surface area contributed by atoms with Crippen LogP contribution in [0.5, 0.6) is 0 Å². The summed E-state index contributed by atoms with van der Waals surface area (Å²) in [5, 5.41) is 0. The maximum Gasteiger partial charge on any atom is 0.362 e. The summed E-state index contributed by atoms with van der Waals surface area (Å²) in [6.45, 7) is -3.12. The molecule has 0 N–H and O–H groups in total. The summed E-state index contributed by atoms with van der Waals surface area (Å²) >= 11 is 5.87. The van der Waals surface area contributed by atoms with Gasteiger partial charge in [0.1, 0.15) is 12.7 Å². The minimum atomic E-state index is -3.12. The number of rotatable bonds is 2.